The minimum Gasteiger partial charge on any atom is -0.297 e. The molecular formula is C16H27N. The third kappa shape index (κ3) is 1.07. The second-order valence-electron chi connectivity index (χ2n) is 7.12. The van der Waals surface area contributed by atoms with E-state index < -0.39 is 0 Å². The molecule has 0 N–H and O–H groups in total. The van der Waals surface area contributed by atoms with Crippen LogP contribution in [-0.4, -0.2) is 23.5 Å². The highest BCUT2D eigenvalue weighted by atomic mass is 15.2. The number of rotatable bonds is 2. The topological polar surface area (TPSA) is 3.24 Å². The smallest absolute Gasteiger partial charge is 0.0161 e. The standard InChI is InChI=1S/C16H27N/c1-3-13-15-11-7-8-12(10-11)16(15)9-5-6-14(16)17(13)4-2/h11-15H,3-10H2,1-2H3. The van der Waals surface area contributed by atoms with Crippen molar-refractivity contribution in [1.82, 2.24) is 4.90 Å². The van der Waals surface area contributed by atoms with Crippen molar-refractivity contribution >= 4 is 0 Å². The highest BCUT2D eigenvalue weighted by Crippen LogP contribution is 2.71. The molecule has 96 valence electrons. The molecule has 4 rings (SSSR count). The predicted molar refractivity (Wildman–Crippen MR) is 70.9 cm³/mol. The molecule has 2 bridgehead atoms. The van der Waals surface area contributed by atoms with E-state index in [2.05, 4.69) is 18.7 Å². The number of hydrogen-bond acceptors (Lipinski definition) is 1. The highest BCUT2D eigenvalue weighted by molar-refractivity contribution is 5.20. The van der Waals surface area contributed by atoms with Gasteiger partial charge in [-0.05, 0) is 68.2 Å². The van der Waals surface area contributed by atoms with E-state index in [1.807, 2.05) is 0 Å². The SMILES string of the molecule is CCC1C2C3CCC(C3)C23CCCC3N1CC. The van der Waals surface area contributed by atoms with Crippen molar-refractivity contribution in [2.24, 2.45) is 23.2 Å². The van der Waals surface area contributed by atoms with Gasteiger partial charge in [0.25, 0.3) is 0 Å². The van der Waals surface area contributed by atoms with Crippen LogP contribution in [0.1, 0.15) is 58.8 Å². The lowest BCUT2D eigenvalue weighted by atomic mass is 9.63. The quantitative estimate of drug-likeness (QED) is 0.703. The molecule has 6 unspecified atom stereocenters. The van der Waals surface area contributed by atoms with Crippen LogP contribution in [0.25, 0.3) is 0 Å². The second-order valence-corrected chi connectivity index (χ2v) is 7.12. The monoisotopic (exact) mass is 233 g/mol. The first-order valence-corrected chi connectivity index (χ1v) is 8.08. The molecule has 0 amide bonds. The number of likely N-dealkylation sites (tertiary alicyclic amines) is 1. The van der Waals surface area contributed by atoms with E-state index >= 15 is 0 Å². The summed E-state index contributed by atoms with van der Waals surface area (Å²) in [6, 6.07) is 1.93. The van der Waals surface area contributed by atoms with Gasteiger partial charge in [0.1, 0.15) is 0 Å². The van der Waals surface area contributed by atoms with Crippen molar-refractivity contribution in [2.75, 3.05) is 6.54 Å². The lowest BCUT2D eigenvalue weighted by Crippen LogP contribution is -2.40. The van der Waals surface area contributed by atoms with Crippen molar-refractivity contribution in [3.8, 4) is 0 Å². The third-order valence-corrected chi connectivity index (χ3v) is 7.09. The van der Waals surface area contributed by atoms with Gasteiger partial charge in [-0.3, -0.25) is 4.90 Å². The molecule has 3 aliphatic carbocycles. The Bertz CT molecular complexity index is 325. The molecule has 17 heavy (non-hydrogen) atoms. The molecule has 4 aliphatic rings. The summed E-state index contributed by atoms with van der Waals surface area (Å²) in [6.07, 6.45) is 10.8. The maximum absolute atomic E-state index is 2.93. The van der Waals surface area contributed by atoms with E-state index in [4.69, 9.17) is 0 Å². The lowest BCUT2D eigenvalue weighted by molar-refractivity contribution is 0.0971. The fraction of sp³-hybridized carbons (Fsp3) is 1.00. The van der Waals surface area contributed by atoms with Gasteiger partial charge in [0.15, 0.2) is 0 Å². The minimum absolute atomic E-state index is 0.805. The van der Waals surface area contributed by atoms with Gasteiger partial charge in [-0.2, -0.15) is 0 Å². The van der Waals surface area contributed by atoms with Gasteiger partial charge in [-0.1, -0.05) is 20.3 Å². The van der Waals surface area contributed by atoms with Gasteiger partial charge in [-0.15, -0.1) is 0 Å². The summed E-state index contributed by atoms with van der Waals surface area (Å²) >= 11 is 0. The van der Waals surface area contributed by atoms with E-state index in [0.29, 0.717) is 0 Å². The molecule has 0 aromatic carbocycles. The van der Waals surface area contributed by atoms with E-state index in [9.17, 15) is 0 Å². The summed E-state index contributed by atoms with van der Waals surface area (Å²) < 4.78 is 0. The molecule has 6 atom stereocenters. The van der Waals surface area contributed by atoms with Gasteiger partial charge in [0, 0.05) is 12.1 Å². The van der Waals surface area contributed by atoms with Crippen LogP contribution in [-0.2, 0) is 0 Å². The van der Waals surface area contributed by atoms with E-state index in [1.165, 1.54) is 25.8 Å². The van der Waals surface area contributed by atoms with Gasteiger partial charge < -0.3 is 0 Å². The Morgan fingerprint density at radius 2 is 2.06 bits per heavy atom. The summed E-state index contributed by atoms with van der Waals surface area (Å²) in [7, 11) is 0. The number of nitrogens with zero attached hydrogens (tertiary/aromatic N) is 1. The first kappa shape index (κ1) is 10.8. The Balaban J connectivity index is 1.80. The summed E-state index contributed by atoms with van der Waals surface area (Å²) in [6.45, 7) is 6.15. The Kier molecular flexibility index (Phi) is 2.23. The zero-order valence-corrected chi connectivity index (χ0v) is 11.5. The Labute approximate surface area is 106 Å². The van der Waals surface area contributed by atoms with Crippen molar-refractivity contribution < 1.29 is 0 Å². The van der Waals surface area contributed by atoms with Crippen LogP contribution in [0.5, 0.6) is 0 Å². The van der Waals surface area contributed by atoms with Gasteiger partial charge in [0.05, 0.1) is 0 Å². The molecule has 1 aliphatic heterocycles. The summed E-state index contributed by atoms with van der Waals surface area (Å²) in [5.41, 5.74) is 0.805. The van der Waals surface area contributed by atoms with Crippen LogP contribution in [0.15, 0.2) is 0 Å². The highest BCUT2D eigenvalue weighted by Gasteiger charge is 2.69. The Hall–Kier alpha value is -0.0400. The van der Waals surface area contributed by atoms with Crippen molar-refractivity contribution in [3.05, 3.63) is 0 Å². The van der Waals surface area contributed by atoms with Crippen LogP contribution in [0.3, 0.4) is 0 Å². The predicted octanol–water partition coefficient (Wildman–Crippen LogP) is 3.69. The fourth-order valence-electron chi connectivity index (χ4n) is 6.97. The molecule has 1 nitrogen and oxygen atoms in total. The Morgan fingerprint density at radius 1 is 1.18 bits per heavy atom. The van der Waals surface area contributed by atoms with Crippen LogP contribution in [0.2, 0.25) is 0 Å². The fourth-order valence-corrected chi connectivity index (χ4v) is 6.97. The van der Waals surface area contributed by atoms with E-state index in [0.717, 1.165) is 35.3 Å². The summed E-state index contributed by atoms with van der Waals surface area (Å²) in [5, 5.41) is 0. The molecular weight excluding hydrogens is 206 g/mol. The third-order valence-electron chi connectivity index (χ3n) is 7.09. The first-order valence-electron chi connectivity index (χ1n) is 8.08. The van der Waals surface area contributed by atoms with Crippen molar-refractivity contribution in [1.29, 1.82) is 0 Å². The van der Waals surface area contributed by atoms with Gasteiger partial charge in [-0.25, -0.2) is 0 Å². The van der Waals surface area contributed by atoms with Crippen LogP contribution in [0.4, 0.5) is 0 Å². The van der Waals surface area contributed by atoms with Crippen LogP contribution >= 0.6 is 0 Å². The van der Waals surface area contributed by atoms with Crippen molar-refractivity contribution in [2.45, 2.75) is 70.9 Å². The average Bonchev–Trinajstić information content (AvgIpc) is 3.04. The normalized spacial score (nSPS) is 56.5. The molecule has 0 radical (unpaired) electrons. The molecule has 1 saturated heterocycles. The van der Waals surface area contributed by atoms with Crippen LogP contribution in [0, 0.1) is 23.2 Å². The summed E-state index contributed by atoms with van der Waals surface area (Å²) in [4.78, 5) is 2.93. The lowest BCUT2D eigenvalue weighted by Gasteiger charge is -2.40. The molecule has 1 heterocycles. The van der Waals surface area contributed by atoms with Crippen molar-refractivity contribution in [3.63, 3.8) is 0 Å². The zero-order valence-electron chi connectivity index (χ0n) is 11.5. The molecule has 0 aromatic rings. The zero-order chi connectivity index (χ0) is 11.6. The van der Waals surface area contributed by atoms with E-state index in [1.54, 1.807) is 25.7 Å². The van der Waals surface area contributed by atoms with Gasteiger partial charge in [0.2, 0.25) is 0 Å². The molecule has 0 aromatic heterocycles. The second kappa shape index (κ2) is 3.50. The van der Waals surface area contributed by atoms with E-state index in [-0.39, 0.29) is 0 Å². The number of hydrogen-bond donors (Lipinski definition) is 0. The number of fused-ring (bicyclic) bond motifs is 3. The average molecular weight is 233 g/mol. The maximum atomic E-state index is 2.93. The van der Waals surface area contributed by atoms with Gasteiger partial charge >= 0.3 is 0 Å². The first-order chi connectivity index (χ1) is 8.32. The molecule has 4 fully saturated rings. The van der Waals surface area contributed by atoms with Crippen LogP contribution < -0.4 is 0 Å². The largest absolute Gasteiger partial charge is 0.297 e. The maximum Gasteiger partial charge on any atom is 0.0161 e. The molecule has 1 spiro atoms. The minimum atomic E-state index is 0.805. The molecule has 1 heteroatoms. The molecule has 3 saturated carbocycles. The summed E-state index contributed by atoms with van der Waals surface area (Å²) in [5.74, 6) is 3.33. The Morgan fingerprint density at radius 3 is 2.82 bits per heavy atom.